The molecule has 1 N–H and O–H groups in total. The summed E-state index contributed by atoms with van der Waals surface area (Å²) in [6.07, 6.45) is 6.69. The van der Waals surface area contributed by atoms with Gasteiger partial charge in [0.1, 0.15) is 0 Å². The SMILES string of the molecule is Cn1nnc(N(C2CCOCC2)S(=O)(=O)[N-]C(=O)Nc2c3c(cc4c2CCC4)CCC3)n1.[Na+]. The Morgan fingerprint density at radius 2 is 1.79 bits per heavy atom. The minimum atomic E-state index is -4.40. The molecule has 0 radical (unpaired) electrons. The summed E-state index contributed by atoms with van der Waals surface area (Å²) in [7, 11) is -2.85. The minimum absolute atomic E-state index is 0. The van der Waals surface area contributed by atoms with Gasteiger partial charge in [0, 0.05) is 13.2 Å². The Morgan fingerprint density at radius 3 is 2.36 bits per heavy atom. The van der Waals surface area contributed by atoms with E-state index >= 15 is 0 Å². The predicted octanol–water partition coefficient (Wildman–Crippen LogP) is -0.972. The number of aryl methyl sites for hydroxylation is 3. The number of rotatable bonds is 5. The number of anilines is 2. The molecule has 5 rings (SSSR count). The molecule has 2 aromatic rings. The number of ether oxygens (including phenoxy) is 1. The standard InChI is InChI=1S/C20H27N7O4S.Na/c1-26-23-19(22-25-26)27(15-8-10-31-11-9-15)32(29,30)24-20(28)21-18-16-6-2-4-13(16)12-14-5-3-7-17(14)18;/h12,15H,2-11H2,1H3,(H2,21,24,28);/q;+1/p-1. The van der Waals surface area contributed by atoms with Gasteiger partial charge in [0.05, 0.1) is 13.1 Å². The maximum absolute atomic E-state index is 13.2. The van der Waals surface area contributed by atoms with Crippen molar-refractivity contribution in [2.24, 2.45) is 7.05 Å². The van der Waals surface area contributed by atoms with E-state index in [1.807, 2.05) is 0 Å². The van der Waals surface area contributed by atoms with Crippen LogP contribution in [0.4, 0.5) is 16.4 Å². The molecule has 0 atom stereocenters. The number of benzene rings is 1. The summed E-state index contributed by atoms with van der Waals surface area (Å²) in [4.78, 5) is 14.1. The second kappa shape index (κ2) is 9.87. The van der Waals surface area contributed by atoms with Crippen molar-refractivity contribution < 1.29 is 47.5 Å². The number of carbonyl (C=O) groups excluding carboxylic acids is 1. The number of carbonyl (C=O) groups is 1. The van der Waals surface area contributed by atoms with E-state index in [2.05, 4.69) is 31.5 Å². The van der Waals surface area contributed by atoms with Crippen LogP contribution in [0.2, 0.25) is 0 Å². The molecule has 0 unspecified atom stereocenters. The topological polar surface area (TPSA) is 133 Å². The Kier molecular flexibility index (Phi) is 7.29. The van der Waals surface area contributed by atoms with E-state index in [0.717, 1.165) is 59.6 Å². The second-order valence-corrected chi connectivity index (χ2v) is 9.92. The summed E-state index contributed by atoms with van der Waals surface area (Å²) in [5.74, 6) is -0.0996. The molecule has 1 aliphatic heterocycles. The first-order valence-electron chi connectivity index (χ1n) is 11.0. The summed E-state index contributed by atoms with van der Waals surface area (Å²) < 4.78 is 36.5. The molecule has 1 aromatic carbocycles. The Hall–Kier alpha value is -1.73. The molecule has 0 bridgehead atoms. The Morgan fingerprint density at radius 1 is 1.15 bits per heavy atom. The summed E-state index contributed by atoms with van der Waals surface area (Å²) in [6.45, 7) is 0.816. The van der Waals surface area contributed by atoms with Crippen LogP contribution in [-0.2, 0) is 47.7 Å². The van der Waals surface area contributed by atoms with Crippen molar-refractivity contribution in [3.05, 3.63) is 33.0 Å². The van der Waals surface area contributed by atoms with Crippen molar-refractivity contribution in [1.82, 2.24) is 20.2 Å². The predicted molar refractivity (Wildman–Crippen MR) is 117 cm³/mol. The van der Waals surface area contributed by atoms with Gasteiger partial charge in [0.2, 0.25) is 0 Å². The van der Waals surface area contributed by atoms with E-state index in [-0.39, 0.29) is 35.5 Å². The number of urea groups is 1. The van der Waals surface area contributed by atoms with Gasteiger partial charge < -0.3 is 14.8 Å². The largest absolute Gasteiger partial charge is 1.00 e. The zero-order valence-corrected chi connectivity index (χ0v) is 21.8. The van der Waals surface area contributed by atoms with Gasteiger partial charge in [-0.3, -0.25) is 4.79 Å². The normalized spacial score (nSPS) is 17.7. The van der Waals surface area contributed by atoms with Crippen molar-refractivity contribution in [2.45, 2.75) is 57.4 Å². The fourth-order valence-corrected chi connectivity index (χ4v) is 6.19. The monoisotopic (exact) mass is 483 g/mol. The van der Waals surface area contributed by atoms with Gasteiger partial charge in [-0.1, -0.05) is 11.2 Å². The summed E-state index contributed by atoms with van der Waals surface area (Å²) in [5, 5.41) is 14.5. The van der Waals surface area contributed by atoms with Gasteiger partial charge in [-0.25, -0.2) is 12.7 Å². The fraction of sp³-hybridized carbons (Fsp3) is 0.600. The first-order chi connectivity index (χ1) is 15.4. The molecule has 0 spiro atoms. The average Bonchev–Trinajstić information content (AvgIpc) is 3.49. The first-order valence-corrected chi connectivity index (χ1v) is 12.4. The molecule has 11 nitrogen and oxygen atoms in total. The number of nitrogens with zero attached hydrogens (tertiary/aromatic N) is 6. The van der Waals surface area contributed by atoms with Gasteiger partial charge in [-0.05, 0) is 84.5 Å². The maximum atomic E-state index is 13.2. The van der Waals surface area contributed by atoms with Gasteiger partial charge >= 0.3 is 29.6 Å². The Balaban J connectivity index is 0.00000259. The zero-order valence-electron chi connectivity index (χ0n) is 19.0. The van der Waals surface area contributed by atoms with Crippen LogP contribution in [0.3, 0.4) is 0 Å². The number of tetrazole rings is 1. The molecule has 33 heavy (non-hydrogen) atoms. The van der Waals surface area contributed by atoms with Crippen LogP contribution in [0.1, 0.15) is 47.9 Å². The number of nitrogens with one attached hydrogen (secondary N) is 1. The van der Waals surface area contributed by atoms with Crippen LogP contribution >= 0.6 is 0 Å². The van der Waals surface area contributed by atoms with Crippen molar-refractivity contribution in [3.63, 3.8) is 0 Å². The van der Waals surface area contributed by atoms with Crippen LogP contribution < -0.4 is 39.2 Å². The quantitative estimate of drug-likeness (QED) is 0.541. The number of hydrogen-bond donors (Lipinski definition) is 1. The molecule has 1 saturated heterocycles. The van der Waals surface area contributed by atoms with E-state index in [4.69, 9.17) is 4.74 Å². The minimum Gasteiger partial charge on any atom is -0.423 e. The van der Waals surface area contributed by atoms with Crippen molar-refractivity contribution in [3.8, 4) is 0 Å². The zero-order chi connectivity index (χ0) is 22.3. The first kappa shape index (κ1) is 24.4. The molecular weight excluding hydrogens is 457 g/mol. The smallest absolute Gasteiger partial charge is 0.423 e. The molecule has 2 aliphatic carbocycles. The van der Waals surface area contributed by atoms with E-state index in [1.165, 1.54) is 15.9 Å². The molecule has 0 saturated carbocycles. The van der Waals surface area contributed by atoms with E-state index < -0.39 is 22.3 Å². The Labute approximate surface area is 215 Å². The van der Waals surface area contributed by atoms with Gasteiger partial charge in [0.15, 0.2) is 6.03 Å². The molecular formula is C20H26N7NaO4S. The molecule has 2 amide bonds. The number of amides is 2. The van der Waals surface area contributed by atoms with Crippen molar-refractivity contribution in [2.75, 3.05) is 22.8 Å². The number of fused-ring (bicyclic) bond motifs is 2. The fourth-order valence-electron chi connectivity index (χ4n) is 4.98. The molecule has 1 aromatic heterocycles. The van der Waals surface area contributed by atoms with E-state index in [9.17, 15) is 13.2 Å². The van der Waals surface area contributed by atoms with Crippen LogP contribution in [0.5, 0.6) is 0 Å². The van der Waals surface area contributed by atoms with Crippen molar-refractivity contribution in [1.29, 1.82) is 0 Å². The van der Waals surface area contributed by atoms with E-state index in [0.29, 0.717) is 26.1 Å². The molecule has 3 aliphatic rings. The van der Waals surface area contributed by atoms with Gasteiger partial charge in [-0.2, -0.15) is 4.80 Å². The third kappa shape index (κ3) is 4.90. The van der Waals surface area contributed by atoms with Crippen LogP contribution in [0.15, 0.2) is 6.07 Å². The molecule has 1 fully saturated rings. The molecule has 13 heteroatoms. The second-order valence-electron chi connectivity index (χ2n) is 8.45. The average molecular weight is 484 g/mol. The maximum Gasteiger partial charge on any atom is 1.00 e. The number of aromatic nitrogens is 4. The van der Waals surface area contributed by atoms with E-state index in [1.54, 1.807) is 7.05 Å². The summed E-state index contributed by atoms with van der Waals surface area (Å²) in [6, 6.07) is 0.890. The van der Waals surface area contributed by atoms with Gasteiger partial charge in [0.25, 0.3) is 16.2 Å². The molecule has 172 valence electrons. The van der Waals surface area contributed by atoms with Gasteiger partial charge in [-0.15, -0.1) is 5.10 Å². The van der Waals surface area contributed by atoms with Crippen molar-refractivity contribution >= 4 is 27.9 Å². The summed E-state index contributed by atoms with van der Waals surface area (Å²) >= 11 is 0. The van der Waals surface area contributed by atoms with Crippen LogP contribution in [0.25, 0.3) is 4.72 Å². The third-order valence-electron chi connectivity index (χ3n) is 6.37. The summed E-state index contributed by atoms with van der Waals surface area (Å²) in [5.41, 5.74) is 5.48. The number of hydrogen-bond acceptors (Lipinski definition) is 7. The molecule has 2 heterocycles. The third-order valence-corrected chi connectivity index (χ3v) is 7.72. The van der Waals surface area contributed by atoms with Crippen LogP contribution in [0, 0.1) is 0 Å². The van der Waals surface area contributed by atoms with Crippen LogP contribution in [-0.4, -0.2) is 53.9 Å². The Bertz CT molecular complexity index is 1120.